The lowest BCUT2D eigenvalue weighted by atomic mass is 10.0. The van der Waals surface area contributed by atoms with Crippen molar-refractivity contribution >= 4 is 29.7 Å². The molecule has 3 amide bonds. The van der Waals surface area contributed by atoms with E-state index >= 15 is 0 Å². The number of carbonyl (C=O) groups excluding carboxylic acids is 3. The van der Waals surface area contributed by atoms with Crippen molar-refractivity contribution < 1.29 is 24.2 Å². The Bertz CT molecular complexity index is 890. The van der Waals surface area contributed by atoms with E-state index in [4.69, 9.17) is 4.74 Å². The number of unbranched alkanes of at least 4 members (excludes halogenated alkanes) is 4. The van der Waals surface area contributed by atoms with Crippen molar-refractivity contribution in [2.24, 2.45) is 0 Å². The van der Waals surface area contributed by atoms with Crippen molar-refractivity contribution in [1.29, 1.82) is 0 Å². The Balaban J connectivity index is 3.46. The minimum atomic E-state index is -0.952. The molecule has 0 spiro atoms. The second-order valence-electron chi connectivity index (χ2n) is 11.1. The van der Waals surface area contributed by atoms with Gasteiger partial charge in [0.1, 0.15) is 23.4 Å². The monoisotopic (exact) mass is 565 g/mol. The third kappa shape index (κ3) is 13.5. The molecule has 1 rings (SSSR count). The zero-order chi connectivity index (χ0) is 29.4. The summed E-state index contributed by atoms with van der Waals surface area (Å²) in [6.45, 7) is 11.8. The molecule has 1 aromatic rings. The number of thioether (sulfide) groups is 1. The van der Waals surface area contributed by atoms with E-state index in [1.54, 1.807) is 55.6 Å². The number of hydrogen-bond acceptors (Lipinski definition) is 6. The van der Waals surface area contributed by atoms with Crippen LogP contribution in [-0.2, 0) is 14.3 Å². The minimum Gasteiger partial charge on any atom is -0.508 e. The van der Waals surface area contributed by atoms with E-state index in [0.717, 1.165) is 44.9 Å². The third-order valence-corrected chi connectivity index (χ3v) is 6.89. The molecule has 0 bridgehead atoms. The number of nitrogens with zero attached hydrogens (tertiary/aromatic N) is 1. The summed E-state index contributed by atoms with van der Waals surface area (Å²) >= 11 is 1.58. The van der Waals surface area contributed by atoms with E-state index in [0.29, 0.717) is 24.3 Å². The summed E-state index contributed by atoms with van der Waals surface area (Å²) in [5.74, 6) is 0.0296. The fraction of sp³-hybridized carbons (Fsp3) is 0.700. The third-order valence-electron chi connectivity index (χ3n) is 6.24. The molecule has 0 aliphatic heterocycles. The molecule has 0 saturated heterocycles. The zero-order valence-corrected chi connectivity index (χ0v) is 25.9. The van der Waals surface area contributed by atoms with Crippen LogP contribution in [0.15, 0.2) is 24.3 Å². The molecule has 0 aliphatic carbocycles. The van der Waals surface area contributed by atoms with Gasteiger partial charge in [0, 0.05) is 12.6 Å². The molecule has 0 aromatic heterocycles. The van der Waals surface area contributed by atoms with Crippen LogP contribution in [0.4, 0.5) is 4.79 Å². The number of amides is 3. The number of phenolic OH excluding ortho intramolecular Hbond substituents is 1. The van der Waals surface area contributed by atoms with Crippen molar-refractivity contribution in [3.8, 4) is 5.75 Å². The highest BCUT2D eigenvalue weighted by Crippen LogP contribution is 2.27. The lowest BCUT2D eigenvalue weighted by Gasteiger charge is -2.35. The molecule has 8 nitrogen and oxygen atoms in total. The van der Waals surface area contributed by atoms with Crippen molar-refractivity contribution in [2.45, 2.75) is 117 Å². The van der Waals surface area contributed by atoms with Gasteiger partial charge in [-0.15, -0.1) is 0 Å². The molecule has 0 heterocycles. The summed E-state index contributed by atoms with van der Waals surface area (Å²) in [5.41, 5.74) is -0.186. The molecule has 9 heteroatoms. The number of aromatic hydroxyl groups is 1. The largest absolute Gasteiger partial charge is 0.508 e. The summed E-state index contributed by atoms with van der Waals surface area (Å²) < 4.78 is 5.45. The van der Waals surface area contributed by atoms with Crippen LogP contribution in [0.2, 0.25) is 0 Å². The lowest BCUT2D eigenvalue weighted by molar-refractivity contribution is -0.143. The van der Waals surface area contributed by atoms with E-state index < -0.39 is 23.8 Å². The topological polar surface area (TPSA) is 108 Å². The highest BCUT2D eigenvalue weighted by molar-refractivity contribution is 7.98. The first-order valence-electron chi connectivity index (χ1n) is 14.3. The van der Waals surface area contributed by atoms with Gasteiger partial charge in [0.15, 0.2) is 0 Å². The van der Waals surface area contributed by atoms with Crippen LogP contribution in [0.5, 0.6) is 5.75 Å². The second kappa shape index (κ2) is 18.0. The van der Waals surface area contributed by atoms with Crippen molar-refractivity contribution in [1.82, 2.24) is 15.5 Å². The van der Waals surface area contributed by atoms with Crippen LogP contribution in [0.25, 0.3) is 0 Å². The SMILES string of the molecule is CCCCCCCN(C(=O)C(CCSC)NC(=O)OC(C)(C)C)C(C(=O)NC(C)CCC)c1cccc(O)c1. The Kier molecular flexibility index (Phi) is 16.0. The van der Waals surface area contributed by atoms with Gasteiger partial charge in [-0.05, 0) is 76.7 Å². The van der Waals surface area contributed by atoms with Gasteiger partial charge in [0.2, 0.25) is 11.8 Å². The highest BCUT2D eigenvalue weighted by Gasteiger charge is 2.36. The number of carbonyl (C=O) groups is 3. The average Bonchev–Trinajstić information content (AvgIpc) is 2.84. The first-order valence-corrected chi connectivity index (χ1v) is 15.7. The van der Waals surface area contributed by atoms with Crippen molar-refractivity contribution in [3.63, 3.8) is 0 Å². The maximum atomic E-state index is 14.2. The molecule has 222 valence electrons. The maximum Gasteiger partial charge on any atom is 0.408 e. The number of alkyl carbamates (subject to hydrolysis) is 1. The van der Waals surface area contributed by atoms with Gasteiger partial charge in [-0.1, -0.05) is 58.1 Å². The number of phenols is 1. The molecule has 0 saturated carbocycles. The Labute approximate surface area is 240 Å². The Morgan fingerprint density at radius 2 is 1.72 bits per heavy atom. The van der Waals surface area contributed by atoms with E-state index in [1.165, 1.54) is 6.07 Å². The molecule has 3 atom stereocenters. The summed E-state index contributed by atoms with van der Waals surface area (Å²) in [6, 6.07) is 4.62. The van der Waals surface area contributed by atoms with Crippen LogP contribution >= 0.6 is 11.8 Å². The van der Waals surface area contributed by atoms with Gasteiger partial charge in [0.25, 0.3) is 0 Å². The van der Waals surface area contributed by atoms with Crippen LogP contribution < -0.4 is 10.6 Å². The molecule has 0 aliphatic rings. The lowest BCUT2D eigenvalue weighted by Crippen LogP contribution is -2.54. The van der Waals surface area contributed by atoms with Crippen LogP contribution in [0.3, 0.4) is 0 Å². The fourth-order valence-corrected chi connectivity index (χ4v) is 4.86. The highest BCUT2D eigenvalue weighted by atomic mass is 32.2. The van der Waals surface area contributed by atoms with Crippen molar-refractivity contribution in [3.05, 3.63) is 29.8 Å². The zero-order valence-electron chi connectivity index (χ0n) is 25.0. The van der Waals surface area contributed by atoms with Crippen LogP contribution in [-0.4, -0.2) is 64.2 Å². The predicted octanol–water partition coefficient (Wildman–Crippen LogP) is 6.18. The van der Waals surface area contributed by atoms with E-state index in [-0.39, 0.29) is 23.6 Å². The van der Waals surface area contributed by atoms with E-state index in [2.05, 4.69) is 24.5 Å². The molecule has 39 heavy (non-hydrogen) atoms. The van der Waals surface area contributed by atoms with Crippen LogP contribution in [0, 0.1) is 0 Å². The quantitative estimate of drug-likeness (QED) is 0.195. The van der Waals surface area contributed by atoms with Gasteiger partial charge in [-0.2, -0.15) is 11.8 Å². The Morgan fingerprint density at radius 3 is 2.31 bits per heavy atom. The van der Waals surface area contributed by atoms with E-state index in [1.807, 2.05) is 13.2 Å². The molecule has 3 N–H and O–H groups in total. The second-order valence-corrected chi connectivity index (χ2v) is 12.1. The Morgan fingerprint density at radius 1 is 1.03 bits per heavy atom. The molecule has 0 radical (unpaired) electrons. The number of benzene rings is 1. The van der Waals surface area contributed by atoms with Gasteiger partial charge >= 0.3 is 6.09 Å². The average molecular weight is 566 g/mol. The molecular formula is C30H51N3O5S. The smallest absolute Gasteiger partial charge is 0.408 e. The predicted molar refractivity (Wildman–Crippen MR) is 160 cm³/mol. The Hall–Kier alpha value is -2.42. The molecule has 1 aromatic carbocycles. The summed E-state index contributed by atoms with van der Waals surface area (Å²) in [6.07, 6.45) is 8.28. The molecule has 0 fully saturated rings. The number of hydrogen-bond donors (Lipinski definition) is 3. The normalized spacial score (nSPS) is 13.7. The number of ether oxygens (including phenoxy) is 1. The number of nitrogens with one attached hydrogen (secondary N) is 2. The van der Waals surface area contributed by atoms with Gasteiger partial charge in [-0.3, -0.25) is 9.59 Å². The molecule has 3 unspecified atom stereocenters. The van der Waals surface area contributed by atoms with Gasteiger partial charge in [-0.25, -0.2) is 4.79 Å². The first-order chi connectivity index (χ1) is 18.4. The van der Waals surface area contributed by atoms with Crippen LogP contribution in [0.1, 0.15) is 105 Å². The maximum absolute atomic E-state index is 14.2. The first kappa shape index (κ1) is 34.6. The van der Waals surface area contributed by atoms with Gasteiger partial charge < -0.3 is 25.4 Å². The van der Waals surface area contributed by atoms with Crippen molar-refractivity contribution in [2.75, 3.05) is 18.6 Å². The van der Waals surface area contributed by atoms with Gasteiger partial charge in [0.05, 0.1) is 0 Å². The fourth-order valence-electron chi connectivity index (χ4n) is 4.39. The standard InChI is InChI=1S/C30H51N3O5S/c1-8-10-11-12-13-19-33(28(36)25(18-20-39-7)32-29(37)38-30(4,5)6)26(23-16-14-17-24(34)21-23)27(35)31-22(3)15-9-2/h14,16-17,21-22,25-26,34H,8-13,15,18-20H2,1-7H3,(H,31,35)(H,32,37). The number of rotatable bonds is 17. The molecular weight excluding hydrogens is 514 g/mol. The summed E-state index contributed by atoms with van der Waals surface area (Å²) in [7, 11) is 0. The minimum absolute atomic E-state index is 0.0214. The summed E-state index contributed by atoms with van der Waals surface area (Å²) in [5, 5.41) is 16.1. The summed E-state index contributed by atoms with van der Waals surface area (Å²) in [4.78, 5) is 42.2. The van der Waals surface area contributed by atoms with E-state index in [9.17, 15) is 19.5 Å².